The van der Waals surface area contributed by atoms with Crippen molar-refractivity contribution >= 4 is 9.73 Å². The van der Waals surface area contributed by atoms with Gasteiger partial charge in [0.1, 0.15) is 5.60 Å². The molecule has 0 heterocycles. The summed E-state index contributed by atoms with van der Waals surface area (Å²) in [5.74, 6) is 0.537. The molecule has 1 unspecified atom stereocenters. The first-order chi connectivity index (χ1) is 14.8. The van der Waals surface area contributed by atoms with Gasteiger partial charge >= 0.3 is 0 Å². The lowest BCUT2D eigenvalue weighted by molar-refractivity contribution is -0.0289. The van der Waals surface area contributed by atoms with Crippen LogP contribution in [-0.2, 0) is 25.8 Å². The van der Waals surface area contributed by atoms with Gasteiger partial charge in [-0.2, -0.15) is 0 Å². The van der Waals surface area contributed by atoms with Crippen molar-refractivity contribution in [2.75, 3.05) is 19.4 Å². The molecule has 5 nitrogen and oxygen atoms in total. The third-order valence-corrected chi connectivity index (χ3v) is 7.96. The third kappa shape index (κ3) is 6.19. The lowest BCUT2D eigenvalue weighted by atomic mass is 9.81. The van der Waals surface area contributed by atoms with Crippen LogP contribution in [0.1, 0.15) is 32.3 Å². The van der Waals surface area contributed by atoms with Crippen LogP contribution in [0.3, 0.4) is 0 Å². The minimum absolute atomic E-state index is 0.00479. The maximum Gasteiger partial charge on any atom is 0.104 e. The molecule has 6 heteroatoms. The van der Waals surface area contributed by atoms with E-state index in [4.69, 9.17) is 9.47 Å². The van der Waals surface area contributed by atoms with Gasteiger partial charge in [-0.05, 0) is 44.0 Å². The standard InChI is InChI=1S/C25H33NO4S/c1-20(2)30-23-15-14-22(18-29-17-21-10-6-4-7-11-21)25(27,16-23)19-31(28,26-3)24-12-8-5-9-13-24/h4-13,16,20,22,27H,14-15,17-19H2,1-3H3/t22-,25+,31?/m0/s1. The second-order valence-electron chi connectivity index (χ2n) is 8.29. The zero-order valence-corrected chi connectivity index (χ0v) is 19.4. The number of allylic oxidation sites excluding steroid dienone is 1. The van der Waals surface area contributed by atoms with Crippen molar-refractivity contribution in [3.05, 3.63) is 78.1 Å². The van der Waals surface area contributed by atoms with Crippen molar-refractivity contribution < 1.29 is 18.8 Å². The Labute approximate surface area is 186 Å². The number of aliphatic hydroxyl groups is 1. The van der Waals surface area contributed by atoms with Crippen LogP contribution in [0, 0.1) is 5.92 Å². The lowest BCUT2D eigenvalue weighted by Gasteiger charge is -2.38. The summed E-state index contributed by atoms with van der Waals surface area (Å²) in [7, 11) is -1.25. The van der Waals surface area contributed by atoms with Crippen molar-refractivity contribution in [1.29, 1.82) is 0 Å². The van der Waals surface area contributed by atoms with E-state index in [0.29, 0.717) is 24.5 Å². The second-order valence-corrected chi connectivity index (χ2v) is 10.7. The minimum Gasteiger partial charge on any atom is -0.496 e. The fourth-order valence-electron chi connectivity index (χ4n) is 3.91. The summed E-state index contributed by atoms with van der Waals surface area (Å²) >= 11 is 0. The van der Waals surface area contributed by atoms with Gasteiger partial charge in [0.15, 0.2) is 0 Å². The van der Waals surface area contributed by atoms with Gasteiger partial charge < -0.3 is 14.6 Å². The van der Waals surface area contributed by atoms with E-state index in [1.807, 2.05) is 62.4 Å². The maximum atomic E-state index is 13.8. The summed E-state index contributed by atoms with van der Waals surface area (Å²) in [6.07, 6.45) is 3.17. The summed E-state index contributed by atoms with van der Waals surface area (Å²) in [4.78, 5) is 0.625. The molecule has 2 aromatic rings. The highest BCUT2D eigenvalue weighted by molar-refractivity contribution is 7.93. The molecule has 2 aromatic carbocycles. The molecule has 1 N–H and O–H groups in total. The second kappa shape index (κ2) is 10.4. The number of benzene rings is 2. The number of ether oxygens (including phenoxy) is 2. The lowest BCUT2D eigenvalue weighted by Crippen LogP contribution is -2.47. The van der Waals surface area contributed by atoms with Crippen molar-refractivity contribution in [1.82, 2.24) is 0 Å². The summed E-state index contributed by atoms with van der Waals surface area (Å²) in [5.41, 5.74) is -0.260. The first-order valence-electron chi connectivity index (χ1n) is 10.7. The van der Waals surface area contributed by atoms with Gasteiger partial charge in [0, 0.05) is 24.3 Å². The third-order valence-electron chi connectivity index (χ3n) is 5.51. The predicted molar refractivity (Wildman–Crippen MR) is 124 cm³/mol. The van der Waals surface area contributed by atoms with Crippen LogP contribution in [-0.4, -0.2) is 40.4 Å². The largest absolute Gasteiger partial charge is 0.496 e. The molecule has 0 saturated heterocycles. The Balaban J connectivity index is 1.84. The Morgan fingerprint density at radius 1 is 1.13 bits per heavy atom. The molecule has 168 valence electrons. The molecule has 0 aromatic heterocycles. The van der Waals surface area contributed by atoms with Gasteiger partial charge in [-0.25, -0.2) is 8.57 Å². The number of hydrogen-bond donors (Lipinski definition) is 1. The fourth-order valence-corrected chi connectivity index (χ4v) is 5.95. The zero-order valence-electron chi connectivity index (χ0n) is 18.6. The van der Waals surface area contributed by atoms with Crippen LogP contribution in [0.25, 0.3) is 0 Å². The first kappa shape index (κ1) is 23.5. The van der Waals surface area contributed by atoms with Gasteiger partial charge in [-0.15, -0.1) is 0 Å². The molecule has 0 aliphatic heterocycles. The van der Waals surface area contributed by atoms with Crippen LogP contribution in [0.15, 0.2) is 81.8 Å². The van der Waals surface area contributed by atoms with Crippen LogP contribution in [0.5, 0.6) is 0 Å². The normalized spacial score (nSPS) is 23.1. The van der Waals surface area contributed by atoms with Crippen LogP contribution in [0.4, 0.5) is 0 Å². The molecule has 0 saturated carbocycles. The molecule has 0 fully saturated rings. The summed E-state index contributed by atoms with van der Waals surface area (Å²) in [6, 6.07) is 19.1. The SMILES string of the molecule is CN=S(=O)(C[C@]1(O)C=C(OC(C)C)CC[C@H]1COCc1ccccc1)c1ccccc1. The Kier molecular flexibility index (Phi) is 7.92. The van der Waals surface area contributed by atoms with Crippen LogP contribution < -0.4 is 0 Å². The molecule has 0 radical (unpaired) electrons. The van der Waals surface area contributed by atoms with E-state index in [1.165, 1.54) is 0 Å². The Hall–Kier alpha value is -2.15. The Morgan fingerprint density at radius 2 is 1.77 bits per heavy atom. The average Bonchev–Trinajstić information content (AvgIpc) is 2.76. The van der Waals surface area contributed by atoms with Crippen molar-refractivity contribution in [2.45, 2.75) is 49.9 Å². The Morgan fingerprint density at radius 3 is 2.39 bits per heavy atom. The van der Waals surface area contributed by atoms with Crippen molar-refractivity contribution in [2.24, 2.45) is 10.3 Å². The highest BCUT2D eigenvalue weighted by Crippen LogP contribution is 2.36. The van der Waals surface area contributed by atoms with Crippen LogP contribution >= 0.6 is 0 Å². The van der Waals surface area contributed by atoms with Crippen molar-refractivity contribution in [3.8, 4) is 0 Å². The Bertz CT molecular complexity index is 981. The highest BCUT2D eigenvalue weighted by Gasteiger charge is 2.42. The quantitative estimate of drug-likeness (QED) is 0.604. The van der Waals surface area contributed by atoms with E-state index in [0.717, 1.165) is 17.7 Å². The average molecular weight is 444 g/mol. The van der Waals surface area contributed by atoms with E-state index >= 15 is 0 Å². The highest BCUT2D eigenvalue weighted by atomic mass is 32.2. The number of hydrogen-bond acceptors (Lipinski definition) is 5. The zero-order chi connectivity index (χ0) is 22.3. The first-order valence-corrected chi connectivity index (χ1v) is 12.4. The summed E-state index contributed by atoms with van der Waals surface area (Å²) in [5, 5.41) is 11.8. The maximum absolute atomic E-state index is 13.8. The molecule has 1 aliphatic rings. The van der Waals surface area contributed by atoms with Crippen molar-refractivity contribution in [3.63, 3.8) is 0 Å². The molecule has 31 heavy (non-hydrogen) atoms. The summed E-state index contributed by atoms with van der Waals surface area (Å²) in [6.45, 7) is 4.76. The topological polar surface area (TPSA) is 68.1 Å². The molecular weight excluding hydrogens is 410 g/mol. The van der Waals surface area contributed by atoms with Gasteiger partial charge in [-0.3, -0.25) is 0 Å². The van der Waals surface area contributed by atoms with Gasteiger partial charge in [0.05, 0.1) is 40.6 Å². The molecule has 3 rings (SSSR count). The monoisotopic (exact) mass is 443 g/mol. The van der Waals surface area contributed by atoms with E-state index in [2.05, 4.69) is 4.36 Å². The van der Waals surface area contributed by atoms with Crippen LogP contribution in [0.2, 0.25) is 0 Å². The smallest absolute Gasteiger partial charge is 0.104 e. The fraction of sp³-hybridized carbons (Fsp3) is 0.440. The van der Waals surface area contributed by atoms with Gasteiger partial charge in [0.25, 0.3) is 0 Å². The summed E-state index contributed by atoms with van der Waals surface area (Å²) < 4.78 is 29.9. The molecule has 3 atom stereocenters. The minimum atomic E-state index is -2.81. The number of nitrogens with zero attached hydrogens (tertiary/aromatic N) is 1. The molecule has 1 aliphatic carbocycles. The van der Waals surface area contributed by atoms with E-state index in [9.17, 15) is 9.32 Å². The molecule has 0 bridgehead atoms. The number of rotatable bonds is 9. The van der Waals surface area contributed by atoms with Gasteiger partial charge in [0.2, 0.25) is 0 Å². The molecule has 0 amide bonds. The van der Waals surface area contributed by atoms with Gasteiger partial charge in [-0.1, -0.05) is 48.5 Å². The predicted octanol–water partition coefficient (Wildman–Crippen LogP) is 4.81. The van der Waals surface area contributed by atoms with E-state index in [-0.39, 0.29) is 17.8 Å². The molecular formula is C25H33NO4S. The van der Waals surface area contributed by atoms with E-state index < -0.39 is 15.3 Å². The van der Waals surface area contributed by atoms with E-state index in [1.54, 1.807) is 25.3 Å². The molecule has 0 spiro atoms.